The van der Waals surface area contributed by atoms with Gasteiger partial charge in [-0.25, -0.2) is 4.68 Å². The number of aliphatic hydroxyl groups is 1. The number of hydrogen-bond donors (Lipinski definition) is 2. The van der Waals surface area contributed by atoms with E-state index in [4.69, 9.17) is 0 Å². The lowest BCUT2D eigenvalue weighted by molar-refractivity contribution is 0.0954. The molecule has 0 fully saturated rings. The first kappa shape index (κ1) is 15.9. The fraction of sp³-hybridized carbons (Fsp3) is 0.167. The van der Waals surface area contributed by atoms with Crippen molar-refractivity contribution in [2.24, 2.45) is 0 Å². The van der Waals surface area contributed by atoms with Gasteiger partial charge in [0.2, 0.25) is 0 Å². The van der Waals surface area contributed by atoms with Crippen LogP contribution in [-0.2, 0) is 6.54 Å². The summed E-state index contributed by atoms with van der Waals surface area (Å²) in [6.07, 6.45) is -0.893. The molecule has 122 valence electrons. The van der Waals surface area contributed by atoms with Crippen molar-refractivity contribution in [1.82, 2.24) is 15.1 Å². The van der Waals surface area contributed by atoms with E-state index in [0.717, 1.165) is 4.68 Å². The van der Waals surface area contributed by atoms with Gasteiger partial charge in [0.15, 0.2) is 5.69 Å². The molecule has 3 aromatic rings. The number of nitrogens with zero attached hydrogens (tertiary/aromatic N) is 2. The smallest absolute Gasteiger partial charge is 0.274 e. The predicted molar refractivity (Wildman–Crippen MR) is 90.8 cm³/mol. The second-order valence-electron chi connectivity index (χ2n) is 5.39. The van der Waals surface area contributed by atoms with E-state index in [-0.39, 0.29) is 23.7 Å². The molecule has 0 aliphatic carbocycles. The lowest BCUT2D eigenvalue weighted by atomic mass is 10.1. The van der Waals surface area contributed by atoms with E-state index in [1.165, 1.54) is 7.05 Å². The minimum Gasteiger partial charge on any atom is -0.386 e. The third-order valence-corrected chi connectivity index (χ3v) is 3.84. The monoisotopic (exact) mass is 323 g/mol. The molecule has 6 nitrogen and oxygen atoms in total. The Labute approximate surface area is 138 Å². The number of rotatable bonds is 4. The van der Waals surface area contributed by atoms with E-state index < -0.39 is 6.10 Å². The molecule has 0 saturated carbocycles. The van der Waals surface area contributed by atoms with Crippen molar-refractivity contribution in [2.75, 3.05) is 7.05 Å². The third-order valence-electron chi connectivity index (χ3n) is 3.84. The van der Waals surface area contributed by atoms with Crippen LogP contribution in [0.2, 0.25) is 0 Å². The van der Waals surface area contributed by atoms with Crippen LogP contribution in [-0.4, -0.2) is 27.8 Å². The number of amides is 1. The summed E-state index contributed by atoms with van der Waals surface area (Å²) in [5.41, 5.74) is 0.502. The molecule has 0 radical (unpaired) electrons. The molecular weight excluding hydrogens is 306 g/mol. The van der Waals surface area contributed by atoms with Crippen molar-refractivity contribution in [1.29, 1.82) is 0 Å². The molecule has 1 amide bonds. The second-order valence-corrected chi connectivity index (χ2v) is 5.39. The van der Waals surface area contributed by atoms with Crippen LogP contribution in [0.3, 0.4) is 0 Å². The van der Waals surface area contributed by atoms with E-state index in [2.05, 4.69) is 10.4 Å². The molecule has 1 heterocycles. The summed E-state index contributed by atoms with van der Waals surface area (Å²) in [6.45, 7) is -0.0301. The van der Waals surface area contributed by atoms with Gasteiger partial charge < -0.3 is 10.4 Å². The van der Waals surface area contributed by atoms with Gasteiger partial charge >= 0.3 is 0 Å². The maximum Gasteiger partial charge on any atom is 0.274 e. The number of nitrogens with one attached hydrogen (secondary N) is 1. The average molecular weight is 323 g/mol. The Morgan fingerprint density at radius 2 is 1.75 bits per heavy atom. The van der Waals surface area contributed by atoms with Crippen LogP contribution in [0.25, 0.3) is 10.8 Å². The minimum atomic E-state index is -0.893. The van der Waals surface area contributed by atoms with Crippen molar-refractivity contribution in [3.63, 3.8) is 0 Å². The van der Waals surface area contributed by atoms with Crippen LogP contribution in [0.15, 0.2) is 59.4 Å². The number of carbonyl (C=O) groups is 1. The molecule has 1 atom stereocenters. The lowest BCUT2D eigenvalue weighted by Gasteiger charge is -2.14. The zero-order valence-corrected chi connectivity index (χ0v) is 13.1. The highest BCUT2D eigenvalue weighted by Crippen LogP contribution is 2.16. The summed E-state index contributed by atoms with van der Waals surface area (Å²) in [4.78, 5) is 24.7. The van der Waals surface area contributed by atoms with E-state index >= 15 is 0 Å². The summed E-state index contributed by atoms with van der Waals surface area (Å²) in [5.74, 6) is -0.380. The van der Waals surface area contributed by atoms with Crippen molar-refractivity contribution >= 4 is 16.7 Å². The molecular formula is C18H17N3O3. The van der Waals surface area contributed by atoms with Crippen LogP contribution < -0.4 is 10.9 Å². The highest BCUT2D eigenvalue weighted by atomic mass is 16.3. The van der Waals surface area contributed by atoms with E-state index in [1.54, 1.807) is 36.4 Å². The largest absolute Gasteiger partial charge is 0.386 e. The normalized spacial score (nSPS) is 12.1. The zero-order valence-electron chi connectivity index (χ0n) is 13.1. The number of fused-ring (bicyclic) bond motifs is 1. The van der Waals surface area contributed by atoms with Gasteiger partial charge in [-0.2, -0.15) is 5.10 Å². The highest BCUT2D eigenvalue weighted by Gasteiger charge is 2.17. The highest BCUT2D eigenvalue weighted by molar-refractivity contribution is 6.04. The van der Waals surface area contributed by atoms with Crippen molar-refractivity contribution in [3.05, 3.63) is 76.2 Å². The molecule has 0 saturated heterocycles. The van der Waals surface area contributed by atoms with E-state index in [0.29, 0.717) is 16.3 Å². The van der Waals surface area contributed by atoms with Gasteiger partial charge in [0.25, 0.3) is 11.5 Å². The number of aliphatic hydroxyl groups excluding tert-OH is 1. The van der Waals surface area contributed by atoms with Gasteiger partial charge in [-0.3, -0.25) is 9.59 Å². The molecule has 24 heavy (non-hydrogen) atoms. The first-order chi connectivity index (χ1) is 11.6. The Bertz CT molecular complexity index is 935. The van der Waals surface area contributed by atoms with E-state index in [1.807, 2.05) is 18.2 Å². The maximum absolute atomic E-state index is 12.6. The Morgan fingerprint density at radius 3 is 2.42 bits per heavy atom. The summed E-state index contributed by atoms with van der Waals surface area (Å²) in [6, 6.07) is 15.8. The van der Waals surface area contributed by atoms with Crippen LogP contribution in [0.5, 0.6) is 0 Å². The zero-order chi connectivity index (χ0) is 17.1. The van der Waals surface area contributed by atoms with Crippen LogP contribution in [0.4, 0.5) is 0 Å². The minimum absolute atomic E-state index is 0.0301. The summed E-state index contributed by atoms with van der Waals surface area (Å²) in [5, 5.41) is 17.9. The Morgan fingerprint density at radius 1 is 1.12 bits per heavy atom. The van der Waals surface area contributed by atoms with E-state index in [9.17, 15) is 14.7 Å². The van der Waals surface area contributed by atoms with Crippen molar-refractivity contribution < 1.29 is 9.90 Å². The lowest BCUT2D eigenvalue weighted by Crippen LogP contribution is -2.30. The van der Waals surface area contributed by atoms with Gasteiger partial charge in [0.1, 0.15) is 0 Å². The molecule has 1 unspecified atom stereocenters. The molecule has 0 aliphatic heterocycles. The molecule has 1 aromatic heterocycles. The van der Waals surface area contributed by atoms with Crippen LogP contribution in [0.1, 0.15) is 22.2 Å². The van der Waals surface area contributed by atoms with Gasteiger partial charge in [-0.15, -0.1) is 0 Å². The molecule has 2 N–H and O–H groups in total. The summed E-state index contributed by atoms with van der Waals surface area (Å²) >= 11 is 0. The fourth-order valence-electron chi connectivity index (χ4n) is 2.59. The second kappa shape index (κ2) is 6.64. The Hall–Kier alpha value is -2.99. The summed E-state index contributed by atoms with van der Waals surface area (Å²) < 4.78 is 1.14. The van der Waals surface area contributed by atoms with Gasteiger partial charge in [0, 0.05) is 12.4 Å². The Kier molecular flexibility index (Phi) is 4.39. The first-order valence-electron chi connectivity index (χ1n) is 7.56. The molecule has 0 bridgehead atoms. The van der Waals surface area contributed by atoms with Gasteiger partial charge in [-0.05, 0) is 11.6 Å². The standard InChI is InChI=1S/C18H17N3O3/c1-19-17(23)16-13-9-5-6-10-14(13)18(24)21(20-16)11-15(22)12-7-3-2-4-8-12/h2-10,15,22H,11H2,1H3,(H,19,23). The predicted octanol–water partition coefficient (Wildman–Crippen LogP) is 1.49. The Balaban J connectivity index is 2.10. The number of benzene rings is 2. The molecule has 0 aliphatic rings. The maximum atomic E-state index is 12.6. The topological polar surface area (TPSA) is 84.2 Å². The number of hydrogen-bond acceptors (Lipinski definition) is 4. The van der Waals surface area contributed by atoms with Crippen LogP contribution in [0, 0.1) is 0 Å². The average Bonchev–Trinajstić information content (AvgIpc) is 2.64. The quantitative estimate of drug-likeness (QED) is 0.762. The number of carbonyl (C=O) groups excluding carboxylic acids is 1. The van der Waals surface area contributed by atoms with Crippen molar-refractivity contribution in [3.8, 4) is 0 Å². The van der Waals surface area contributed by atoms with Crippen molar-refractivity contribution in [2.45, 2.75) is 12.6 Å². The first-order valence-corrected chi connectivity index (χ1v) is 7.56. The molecule has 2 aromatic carbocycles. The molecule has 3 rings (SSSR count). The van der Waals surface area contributed by atoms with Gasteiger partial charge in [-0.1, -0.05) is 48.5 Å². The number of aromatic nitrogens is 2. The molecule has 6 heteroatoms. The third kappa shape index (κ3) is 2.91. The van der Waals surface area contributed by atoms with Gasteiger partial charge in [0.05, 0.1) is 18.0 Å². The fourth-order valence-corrected chi connectivity index (χ4v) is 2.59. The summed E-state index contributed by atoms with van der Waals surface area (Å²) in [7, 11) is 1.51. The SMILES string of the molecule is CNC(=O)c1nn(CC(O)c2ccccc2)c(=O)c2ccccc12. The molecule has 0 spiro atoms. The van der Waals surface area contributed by atoms with Crippen LogP contribution >= 0.6 is 0 Å².